The van der Waals surface area contributed by atoms with E-state index in [1.807, 2.05) is 4.90 Å². The number of sulfone groups is 1. The third-order valence-electron chi connectivity index (χ3n) is 4.44. The molecule has 2 fully saturated rings. The summed E-state index contributed by atoms with van der Waals surface area (Å²) in [7, 11) is -2.89. The normalized spacial score (nSPS) is 24.3. The van der Waals surface area contributed by atoms with Crippen molar-refractivity contribution in [2.45, 2.75) is 38.5 Å². The Kier molecular flexibility index (Phi) is 6.68. The number of nitrogens with zero attached hydrogens (tertiary/aromatic N) is 1. The van der Waals surface area contributed by atoms with Gasteiger partial charge in [0.2, 0.25) is 5.91 Å². The van der Waals surface area contributed by atoms with E-state index in [0.717, 1.165) is 32.2 Å². The first kappa shape index (κ1) is 18.0. The maximum absolute atomic E-state index is 11.8. The maximum Gasteiger partial charge on any atom is 0.314 e. The lowest BCUT2D eigenvalue weighted by atomic mass is 10.1. The predicted octanol–water partition coefficient (Wildman–Crippen LogP) is 0.513. The molecular formula is C15H27N3O4S. The molecule has 23 heavy (non-hydrogen) atoms. The Morgan fingerprint density at radius 3 is 2.78 bits per heavy atom. The average Bonchev–Trinajstić information content (AvgIpc) is 2.72. The van der Waals surface area contributed by atoms with Gasteiger partial charge in [0.15, 0.2) is 9.84 Å². The molecule has 0 radical (unpaired) electrons. The third-order valence-corrected chi connectivity index (χ3v) is 6.28. The smallest absolute Gasteiger partial charge is 0.314 e. The van der Waals surface area contributed by atoms with E-state index in [2.05, 4.69) is 10.6 Å². The standard InChI is InChI=1S/C15H27N3O4S/c19-14-5-2-1-3-8-18(14)9-4-7-16-15(20)17-11-13-6-10-23(21,22)12-13/h13H,1-12H2,(H2,16,17,20)/t13-/m1/s1. The molecule has 2 heterocycles. The number of hydrogen-bond donors (Lipinski definition) is 2. The monoisotopic (exact) mass is 345 g/mol. The minimum absolute atomic E-state index is 0.0282. The second kappa shape index (κ2) is 8.52. The predicted molar refractivity (Wildman–Crippen MR) is 87.8 cm³/mol. The van der Waals surface area contributed by atoms with E-state index in [0.29, 0.717) is 32.5 Å². The van der Waals surface area contributed by atoms with Gasteiger partial charge in [0.05, 0.1) is 11.5 Å². The topological polar surface area (TPSA) is 95.6 Å². The van der Waals surface area contributed by atoms with Crippen LogP contribution in [0.3, 0.4) is 0 Å². The molecule has 0 unspecified atom stereocenters. The number of carbonyl (C=O) groups is 2. The van der Waals surface area contributed by atoms with Gasteiger partial charge in [0.25, 0.3) is 0 Å². The van der Waals surface area contributed by atoms with Crippen LogP contribution in [-0.2, 0) is 14.6 Å². The summed E-state index contributed by atoms with van der Waals surface area (Å²) in [5, 5.41) is 5.48. The average molecular weight is 345 g/mol. The van der Waals surface area contributed by atoms with Gasteiger partial charge in [-0.3, -0.25) is 4.79 Å². The van der Waals surface area contributed by atoms with E-state index >= 15 is 0 Å². The summed E-state index contributed by atoms with van der Waals surface area (Å²) in [5.41, 5.74) is 0. The molecule has 2 aliphatic rings. The van der Waals surface area contributed by atoms with Crippen LogP contribution in [0.4, 0.5) is 4.79 Å². The molecule has 1 atom stereocenters. The molecule has 0 aromatic rings. The molecular weight excluding hydrogens is 318 g/mol. The van der Waals surface area contributed by atoms with Gasteiger partial charge >= 0.3 is 6.03 Å². The fourth-order valence-corrected chi connectivity index (χ4v) is 4.94. The second-order valence-corrected chi connectivity index (χ2v) is 8.68. The zero-order chi connectivity index (χ0) is 16.7. The Balaban J connectivity index is 1.55. The fraction of sp³-hybridized carbons (Fsp3) is 0.867. The number of carbonyl (C=O) groups excluding carboxylic acids is 2. The van der Waals surface area contributed by atoms with Crippen molar-refractivity contribution >= 4 is 21.8 Å². The molecule has 8 heteroatoms. The van der Waals surface area contributed by atoms with Gasteiger partial charge in [-0.15, -0.1) is 0 Å². The van der Waals surface area contributed by atoms with E-state index in [4.69, 9.17) is 0 Å². The van der Waals surface area contributed by atoms with Crippen molar-refractivity contribution in [2.24, 2.45) is 5.92 Å². The Hall–Kier alpha value is -1.31. The van der Waals surface area contributed by atoms with E-state index in [1.54, 1.807) is 0 Å². The summed E-state index contributed by atoms with van der Waals surface area (Å²) in [6.45, 7) is 2.41. The van der Waals surface area contributed by atoms with Gasteiger partial charge in [0, 0.05) is 32.6 Å². The summed E-state index contributed by atoms with van der Waals surface area (Å²) in [6.07, 6.45) is 5.14. The molecule has 3 amide bonds. The van der Waals surface area contributed by atoms with Crippen molar-refractivity contribution in [3.8, 4) is 0 Å². The summed E-state index contributed by atoms with van der Waals surface area (Å²) < 4.78 is 22.7. The van der Waals surface area contributed by atoms with Crippen molar-refractivity contribution in [3.63, 3.8) is 0 Å². The van der Waals surface area contributed by atoms with Crippen LogP contribution in [0.2, 0.25) is 0 Å². The summed E-state index contributed by atoms with van der Waals surface area (Å²) in [4.78, 5) is 25.4. The van der Waals surface area contributed by atoms with Gasteiger partial charge in [-0.1, -0.05) is 6.42 Å². The Bertz CT molecular complexity index is 521. The Labute approximate surface area is 138 Å². The molecule has 2 aliphatic heterocycles. The van der Waals surface area contributed by atoms with Crippen LogP contribution in [0.5, 0.6) is 0 Å². The van der Waals surface area contributed by atoms with Crippen molar-refractivity contribution in [1.82, 2.24) is 15.5 Å². The quantitative estimate of drug-likeness (QED) is 0.686. The number of hydrogen-bond acceptors (Lipinski definition) is 4. The molecule has 0 bridgehead atoms. The zero-order valence-corrected chi connectivity index (χ0v) is 14.4. The maximum atomic E-state index is 11.8. The number of nitrogens with one attached hydrogen (secondary N) is 2. The zero-order valence-electron chi connectivity index (χ0n) is 13.6. The van der Waals surface area contributed by atoms with E-state index in [1.165, 1.54) is 0 Å². The summed E-state index contributed by atoms with van der Waals surface area (Å²) in [6, 6.07) is -0.267. The minimum Gasteiger partial charge on any atom is -0.343 e. The SMILES string of the molecule is O=C(NCCCN1CCCCCC1=O)NC[C@H]1CCS(=O)(=O)C1. The number of rotatable bonds is 6. The van der Waals surface area contributed by atoms with Crippen LogP contribution in [0, 0.1) is 5.92 Å². The molecule has 0 aromatic carbocycles. The molecule has 7 nitrogen and oxygen atoms in total. The fourth-order valence-electron chi connectivity index (χ4n) is 3.08. The lowest BCUT2D eigenvalue weighted by molar-refractivity contribution is -0.130. The van der Waals surface area contributed by atoms with E-state index < -0.39 is 9.84 Å². The minimum atomic E-state index is -2.89. The highest BCUT2D eigenvalue weighted by molar-refractivity contribution is 7.91. The highest BCUT2D eigenvalue weighted by atomic mass is 32.2. The molecule has 0 aliphatic carbocycles. The summed E-state index contributed by atoms with van der Waals surface area (Å²) >= 11 is 0. The largest absolute Gasteiger partial charge is 0.343 e. The first-order valence-corrected chi connectivity index (χ1v) is 10.3. The van der Waals surface area contributed by atoms with Gasteiger partial charge in [-0.25, -0.2) is 13.2 Å². The van der Waals surface area contributed by atoms with Crippen LogP contribution in [0.1, 0.15) is 38.5 Å². The van der Waals surface area contributed by atoms with Crippen LogP contribution >= 0.6 is 0 Å². The lowest BCUT2D eigenvalue weighted by Gasteiger charge is -2.20. The molecule has 0 saturated carbocycles. The Morgan fingerprint density at radius 1 is 1.22 bits per heavy atom. The number of urea groups is 1. The number of likely N-dealkylation sites (tertiary alicyclic amines) is 1. The van der Waals surface area contributed by atoms with Crippen molar-refractivity contribution in [3.05, 3.63) is 0 Å². The van der Waals surface area contributed by atoms with Crippen LogP contribution < -0.4 is 10.6 Å². The lowest BCUT2D eigenvalue weighted by Crippen LogP contribution is -2.40. The van der Waals surface area contributed by atoms with Crippen LogP contribution in [0.25, 0.3) is 0 Å². The highest BCUT2D eigenvalue weighted by Gasteiger charge is 2.27. The highest BCUT2D eigenvalue weighted by Crippen LogP contribution is 2.17. The molecule has 2 N–H and O–H groups in total. The molecule has 2 saturated heterocycles. The van der Waals surface area contributed by atoms with Gasteiger partial charge in [-0.05, 0) is 31.6 Å². The van der Waals surface area contributed by atoms with E-state index in [9.17, 15) is 18.0 Å². The van der Waals surface area contributed by atoms with Crippen molar-refractivity contribution in [1.29, 1.82) is 0 Å². The van der Waals surface area contributed by atoms with Crippen LogP contribution in [-0.4, -0.2) is 62.9 Å². The van der Waals surface area contributed by atoms with Crippen molar-refractivity contribution < 1.29 is 18.0 Å². The van der Waals surface area contributed by atoms with Crippen LogP contribution in [0.15, 0.2) is 0 Å². The van der Waals surface area contributed by atoms with Crippen molar-refractivity contribution in [2.75, 3.05) is 37.7 Å². The molecule has 2 rings (SSSR count). The molecule has 132 valence electrons. The van der Waals surface area contributed by atoms with Gasteiger partial charge in [-0.2, -0.15) is 0 Å². The first-order chi connectivity index (χ1) is 11.0. The molecule has 0 aromatic heterocycles. The third kappa shape index (κ3) is 6.37. The first-order valence-electron chi connectivity index (χ1n) is 8.46. The number of amides is 3. The van der Waals surface area contributed by atoms with Gasteiger partial charge < -0.3 is 15.5 Å². The Morgan fingerprint density at radius 2 is 2.04 bits per heavy atom. The molecule has 0 spiro atoms. The van der Waals surface area contributed by atoms with Gasteiger partial charge in [0.1, 0.15) is 0 Å². The van der Waals surface area contributed by atoms with E-state index in [-0.39, 0.29) is 29.4 Å². The summed E-state index contributed by atoms with van der Waals surface area (Å²) in [5.74, 6) is 0.643. The second-order valence-electron chi connectivity index (χ2n) is 6.45.